The van der Waals surface area contributed by atoms with Crippen molar-refractivity contribution in [3.63, 3.8) is 0 Å². The molecule has 6 nitrogen and oxygen atoms in total. The summed E-state index contributed by atoms with van der Waals surface area (Å²) in [6.45, 7) is 5.80. The van der Waals surface area contributed by atoms with Crippen LogP contribution < -0.4 is 0 Å². The number of aromatic nitrogens is 2. The molecule has 0 aliphatic heterocycles. The molecule has 0 aliphatic carbocycles. The smallest absolute Gasteiger partial charge is 0.263 e. The van der Waals surface area contributed by atoms with Gasteiger partial charge in [-0.25, -0.2) is 8.42 Å². The van der Waals surface area contributed by atoms with Crippen LogP contribution in [0, 0.1) is 6.92 Å². The van der Waals surface area contributed by atoms with Crippen molar-refractivity contribution in [3.05, 3.63) is 5.69 Å². The third-order valence-electron chi connectivity index (χ3n) is 2.43. The SMILES string of the molecule is CCN(CC)S(=O)(=O)c1c(O)c(C)nn1C. The molecule has 92 valence electrons. The minimum atomic E-state index is -3.66. The average Bonchev–Trinajstić information content (AvgIpc) is 2.42. The van der Waals surface area contributed by atoms with Crippen molar-refractivity contribution in [1.29, 1.82) is 0 Å². The van der Waals surface area contributed by atoms with Gasteiger partial charge in [-0.15, -0.1) is 0 Å². The Balaban J connectivity index is 3.38. The highest BCUT2D eigenvalue weighted by Crippen LogP contribution is 2.27. The van der Waals surface area contributed by atoms with Crippen LogP contribution in [0.25, 0.3) is 0 Å². The molecule has 1 heterocycles. The molecule has 0 bridgehead atoms. The lowest BCUT2D eigenvalue weighted by molar-refractivity contribution is 0.418. The van der Waals surface area contributed by atoms with Crippen LogP contribution in [-0.4, -0.2) is 40.7 Å². The van der Waals surface area contributed by atoms with Gasteiger partial charge in [0.2, 0.25) is 5.03 Å². The Hall–Kier alpha value is -1.08. The molecule has 1 rings (SSSR count). The fourth-order valence-electron chi connectivity index (χ4n) is 1.60. The molecule has 1 aromatic heterocycles. The molecule has 7 heteroatoms. The largest absolute Gasteiger partial charge is 0.503 e. The van der Waals surface area contributed by atoms with Crippen LogP contribution in [-0.2, 0) is 17.1 Å². The fraction of sp³-hybridized carbons (Fsp3) is 0.667. The summed E-state index contributed by atoms with van der Waals surface area (Å²) in [5.41, 5.74) is 0.313. The van der Waals surface area contributed by atoms with Crippen LogP contribution in [0.15, 0.2) is 5.03 Å². The second kappa shape index (κ2) is 4.42. The predicted molar refractivity (Wildman–Crippen MR) is 59.7 cm³/mol. The first-order valence-electron chi connectivity index (χ1n) is 5.08. The van der Waals surface area contributed by atoms with E-state index in [1.807, 2.05) is 0 Å². The van der Waals surface area contributed by atoms with E-state index in [0.717, 1.165) is 0 Å². The molecular weight excluding hydrogens is 230 g/mol. The summed E-state index contributed by atoms with van der Waals surface area (Å²) in [4.78, 5) is 0. The molecule has 0 fully saturated rings. The van der Waals surface area contributed by atoms with Gasteiger partial charge in [0.25, 0.3) is 10.0 Å². The van der Waals surface area contributed by atoms with E-state index in [4.69, 9.17) is 0 Å². The van der Waals surface area contributed by atoms with Crippen molar-refractivity contribution in [1.82, 2.24) is 14.1 Å². The zero-order valence-corrected chi connectivity index (χ0v) is 10.7. The van der Waals surface area contributed by atoms with E-state index >= 15 is 0 Å². The minimum absolute atomic E-state index is 0.145. The lowest BCUT2D eigenvalue weighted by Crippen LogP contribution is -2.32. The van der Waals surface area contributed by atoms with E-state index in [9.17, 15) is 13.5 Å². The number of sulfonamides is 1. The summed E-state index contributed by atoms with van der Waals surface area (Å²) < 4.78 is 26.8. The van der Waals surface area contributed by atoms with Crippen LogP contribution in [0.4, 0.5) is 0 Å². The Morgan fingerprint density at radius 3 is 2.19 bits per heavy atom. The second-order valence-electron chi connectivity index (χ2n) is 3.45. The van der Waals surface area contributed by atoms with E-state index in [1.54, 1.807) is 20.8 Å². The summed E-state index contributed by atoms with van der Waals surface area (Å²) >= 11 is 0. The zero-order chi connectivity index (χ0) is 12.5. The van der Waals surface area contributed by atoms with Gasteiger partial charge in [-0.05, 0) is 6.92 Å². The fourth-order valence-corrected chi connectivity index (χ4v) is 3.29. The number of hydrogen-bond acceptors (Lipinski definition) is 4. The Morgan fingerprint density at radius 1 is 1.38 bits per heavy atom. The van der Waals surface area contributed by atoms with Gasteiger partial charge in [0.1, 0.15) is 5.69 Å². The van der Waals surface area contributed by atoms with Gasteiger partial charge in [-0.1, -0.05) is 13.8 Å². The van der Waals surface area contributed by atoms with E-state index < -0.39 is 10.0 Å². The number of aryl methyl sites for hydroxylation is 2. The standard InChI is InChI=1S/C9H17N3O3S/c1-5-12(6-2)16(14,15)9-8(13)7(3)10-11(9)4/h13H,5-6H2,1-4H3. The summed E-state index contributed by atoms with van der Waals surface area (Å²) in [6, 6.07) is 0. The molecule has 1 aromatic rings. The molecule has 0 aliphatic rings. The van der Waals surface area contributed by atoms with E-state index in [0.29, 0.717) is 18.8 Å². The van der Waals surface area contributed by atoms with Crippen LogP contribution >= 0.6 is 0 Å². The van der Waals surface area contributed by atoms with Crippen molar-refractivity contribution in [2.24, 2.45) is 7.05 Å². The monoisotopic (exact) mass is 247 g/mol. The van der Waals surface area contributed by atoms with Crippen LogP contribution in [0.5, 0.6) is 5.75 Å². The predicted octanol–water partition coefficient (Wildman–Crippen LogP) is 0.465. The molecule has 0 spiro atoms. The van der Waals surface area contributed by atoms with Gasteiger partial charge < -0.3 is 5.11 Å². The van der Waals surface area contributed by atoms with E-state index in [1.165, 1.54) is 16.0 Å². The highest BCUT2D eigenvalue weighted by atomic mass is 32.2. The Morgan fingerprint density at radius 2 is 1.88 bits per heavy atom. The molecule has 16 heavy (non-hydrogen) atoms. The molecule has 0 atom stereocenters. The van der Waals surface area contributed by atoms with E-state index in [2.05, 4.69) is 5.10 Å². The number of aromatic hydroxyl groups is 1. The molecule has 0 saturated carbocycles. The third kappa shape index (κ3) is 1.92. The third-order valence-corrected chi connectivity index (χ3v) is 4.57. The molecule has 0 saturated heterocycles. The van der Waals surface area contributed by atoms with Gasteiger partial charge in [0.05, 0.1) is 0 Å². The minimum Gasteiger partial charge on any atom is -0.503 e. The summed E-state index contributed by atoms with van der Waals surface area (Å²) in [5, 5.41) is 13.4. The number of hydrogen-bond donors (Lipinski definition) is 1. The molecule has 0 radical (unpaired) electrons. The molecule has 1 N–H and O–H groups in total. The van der Waals surface area contributed by atoms with Crippen molar-refractivity contribution < 1.29 is 13.5 Å². The maximum atomic E-state index is 12.2. The first-order chi connectivity index (χ1) is 7.36. The van der Waals surface area contributed by atoms with E-state index in [-0.39, 0.29) is 10.8 Å². The number of nitrogens with zero attached hydrogens (tertiary/aromatic N) is 3. The highest BCUT2D eigenvalue weighted by Gasteiger charge is 2.30. The maximum absolute atomic E-state index is 12.2. The van der Waals surface area contributed by atoms with Gasteiger partial charge in [0.15, 0.2) is 5.75 Å². The lowest BCUT2D eigenvalue weighted by Gasteiger charge is -2.18. The Labute approximate surface area is 95.5 Å². The average molecular weight is 247 g/mol. The van der Waals surface area contributed by atoms with Gasteiger partial charge in [-0.2, -0.15) is 9.40 Å². The van der Waals surface area contributed by atoms with Crippen LogP contribution in [0.2, 0.25) is 0 Å². The zero-order valence-electron chi connectivity index (χ0n) is 9.93. The van der Waals surface area contributed by atoms with Crippen LogP contribution in [0.1, 0.15) is 19.5 Å². The Kier molecular flexibility index (Phi) is 3.59. The first-order valence-corrected chi connectivity index (χ1v) is 6.52. The molecule has 0 unspecified atom stereocenters. The summed E-state index contributed by atoms with van der Waals surface area (Å²) in [7, 11) is -2.15. The van der Waals surface area contributed by atoms with Gasteiger partial charge >= 0.3 is 0 Å². The molecule has 0 aromatic carbocycles. The molecular formula is C9H17N3O3S. The summed E-state index contributed by atoms with van der Waals surface area (Å²) in [6.07, 6.45) is 0. The highest BCUT2D eigenvalue weighted by molar-refractivity contribution is 7.89. The Bertz CT molecular complexity index is 474. The molecule has 0 amide bonds. The van der Waals surface area contributed by atoms with Crippen molar-refractivity contribution in [3.8, 4) is 5.75 Å². The summed E-state index contributed by atoms with van der Waals surface area (Å²) in [5.74, 6) is -0.269. The van der Waals surface area contributed by atoms with Crippen molar-refractivity contribution in [2.45, 2.75) is 25.8 Å². The van der Waals surface area contributed by atoms with Crippen molar-refractivity contribution >= 4 is 10.0 Å². The van der Waals surface area contributed by atoms with Gasteiger partial charge in [0, 0.05) is 20.1 Å². The second-order valence-corrected chi connectivity index (χ2v) is 5.31. The van der Waals surface area contributed by atoms with Crippen LogP contribution in [0.3, 0.4) is 0 Å². The first kappa shape index (κ1) is 13.0. The normalized spacial score (nSPS) is 12.3. The quantitative estimate of drug-likeness (QED) is 0.839. The topological polar surface area (TPSA) is 75.4 Å². The van der Waals surface area contributed by atoms with Crippen molar-refractivity contribution in [2.75, 3.05) is 13.1 Å². The lowest BCUT2D eigenvalue weighted by atomic mass is 10.5. The van der Waals surface area contributed by atoms with Gasteiger partial charge in [-0.3, -0.25) is 4.68 Å². The maximum Gasteiger partial charge on any atom is 0.263 e. The number of rotatable bonds is 4.